The highest BCUT2D eigenvalue weighted by Crippen LogP contribution is 2.16. The van der Waals surface area contributed by atoms with Gasteiger partial charge in [0, 0.05) is 29.9 Å². The first kappa shape index (κ1) is 26.7. The summed E-state index contributed by atoms with van der Waals surface area (Å²) in [6, 6.07) is 11.7. The second-order valence-corrected chi connectivity index (χ2v) is 9.08. The Morgan fingerprint density at radius 3 is 2.18 bits per heavy atom. The molecule has 0 spiro atoms. The first-order chi connectivity index (χ1) is 16.1. The fourth-order valence-electron chi connectivity index (χ4n) is 2.96. The Morgan fingerprint density at radius 2 is 1.59 bits per heavy atom. The lowest BCUT2D eigenvalue weighted by Crippen LogP contribution is -2.32. The molecule has 0 aliphatic heterocycles. The van der Waals surface area contributed by atoms with Gasteiger partial charge in [0.15, 0.2) is 12.4 Å². The van der Waals surface area contributed by atoms with Crippen LogP contribution in [-0.4, -0.2) is 62.5 Å². The lowest BCUT2D eigenvalue weighted by molar-refractivity contribution is -0.146. The third-order valence-electron chi connectivity index (χ3n) is 4.77. The minimum absolute atomic E-state index is 0.0620. The highest BCUT2D eigenvalue weighted by Gasteiger charge is 2.21. The number of nitrogens with one attached hydrogen (secondary N) is 2. The Labute approximate surface area is 198 Å². The average Bonchev–Trinajstić information content (AvgIpc) is 2.82. The van der Waals surface area contributed by atoms with Crippen LogP contribution < -0.4 is 10.6 Å². The zero-order chi connectivity index (χ0) is 25.3. The number of amides is 2. The van der Waals surface area contributed by atoms with Gasteiger partial charge in [-0.2, -0.15) is 4.31 Å². The Bertz CT molecular complexity index is 1160. The van der Waals surface area contributed by atoms with Crippen molar-refractivity contribution in [1.82, 2.24) is 9.62 Å². The molecule has 34 heavy (non-hydrogen) atoms. The molecule has 0 saturated heterocycles. The topological polar surface area (TPSA) is 139 Å². The second-order valence-electron chi connectivity index (χ2n) is 7.14. The molecule has 182 valence electrons. The number of sulfonamides is 1. The monoisotopic (exact) mass is 489 g/mol. The van der Waals surface area contributed by atoms with E-state index in [1.54, 1.807) is 32.0 Å². The Morgan fingerprint density at radius 1 is 0.941 bits per heavy atom. The van der Waals surface area contributed by atoms with Crippen molar-refractivity contribution in [3.8, 4) is 0 Å². The summed E-state index contributed by atoms with van der Waals surface area (Å²) < 4.78 is 31.1. The van der Waals surface area contributed by atoms with E-state index in [9.17, 15) is 27.6 Å². The minimum atomic E-state index is -3.64. The van der Waals surface area contributed by atoms with Gasteiger partial charge in [0.2, 0.25) is 10.0 Å². The Balaban J connectivity index is 1.83. The molecule has 2 N–H and O–H groups in total. The SMILES string of the molecule is CCN(CC)S(=O)(=O)c1ccc(C(=O)NCC(=O)OCC(=O)Nc2cccc(C(C)=O)c2)cc1. The van der Waals surface area contributed by atoms with Crippen LogP contribution in [0, 0.1) is 0 Å². The number of carbonyl (C=O) groups is 4. The van der Waals surface area contributed by atoms with Gasteiger partial charge in [-0.05, 0) is 43.3 Å². The van der Waals surface area contributed by atoms with E-state index < -0.39 is 41.0 Å². The third-order valence-corrected chi connectivity index (χ3v) is 6.83. The first-order valence-electron chi connectivity index (χ1n) is 10.5. The summed E-state index contributed by atoms with van der Waals surface area (Å²) in [6.45, 7) is 4.47. The lowest BCUT2D eigenvalue weighted by Gasteiger charge is -2.18. The van der Waals surface area contributed by atoms with Crippen LogP contribution in [0.1, 0.15) is 41.5 Å². The maximum Gasteiger partial charge on any atom is 0.325 e. The largest absolute Gasteiger partial charge is 0.454 e. The number of hydrogen-bond acceptors (Lipinski definition) is 7. The third kappa shape index (κ3) is 7.22. The number of nitrogens with zero attached hydrogens (tertiary/aromatic N) is 1. The fourth-order valence-corrected chi connectivity index (χ4v) is 4.41. The minimum Gasteiger partial charge on any atom is -0.454 e. The van der Waals surface area contributed by atoms with E-state index in [0.717, 1.165) is 0 Å². The molecule has 0 aliphatic rings. The predicted molar refractivity (Wildman–Crippen MR) is 125 cm³/mol. The molecular formula is C23H27N3O7S. The van der Waals surface area contributed by atoms with E-state index in [0.29, 0.717) is 24.3 Å². The van der Waals surface area contributed by atoms with Gasteiger partial charge >= 0.3 is 5.97 Å². The van der Waals surface area contributed by atoms with Crippen LogP contribution in [0.15, 0.2) is 53.4 Å². The van der Waals surface area contributed by atoms with E-state index in [-0.39, 0.29) is 16.2 Å². The molecule has 2 amide bonds. The van der Waals surface area contributed by atoms with Crippen LogP contribution in [0.2, 0.25) is 0 Å². The standard InChI is InChI=1S/C23H27N3O7S/c1-4-26(5-2)34(31,32)20-11-9-17(10-12-20)23(30)24-14-22(29)33-15-21(28)25-19-8-6-7-18(13-19)16(3)27/h6-13H,4-5,14-15H2,1-3H3,(H,24,30)(H,25,28). The van der Waals surface area contributed by atoms with Gasteiger partial charge in [-0.25, -0.2) is 8.42 Å². The summed E-state index contributed by atoms with van der Waals surface area (Å²) in [6.07, 6.45) is 0. The van der Waals surface area contributed by atoms with Crippen molar-refractivity contribution < 1.29 is 32.3 Å². The lowest BCUT2D eigenvalue weighted by atomic mass is 10.1. The number of anilines is 1. The van der Waals surface area contributed by atoms with E-state index in [1.807, 2.05) is 0 Å². The predicted octanol–water partition coefficient (Wildman–Crippen LogP) is 1.83. The van der Waals surface area contributed by atoms with Gasteiger partial charge in [0.05, 0.1) is 4.90 Å². The van der Waals surface area contributed by atoms with Crippen LogP contribution in [0.5, 0.6) is 0 Å². The molecule has 0 radical (unpaired) electrons. The zero-order valence-corrected chi connectivity index (χ0v) is 20.0. The molecule has 0 aromatic heterocycles. The number of rotatable bonds is 11. The van der Waals surface area contributed by atoms with Crippen molar-refractivity contribution in [2.45, 2.75) is 25.7 Å². The number of benzene rings is 2. The van der Waals surface area contributed by atoms with Gasteiger partial charge in [-0.3, -0.25) is 19.2 Å². The van der Waals surface area contributed by atoms with Crippen molar-refractivity contribution in [3.63, 3.8) is 0 Å². The number of carbonyl (C=O) groups excluding carboxylic acids is 4. The number of ketones is 1. The average molecular weight is 490 g/mol. The van der Waals surface area contributed by atoms with Crippen LogP contribution in [0.4, 0.5) is 5.69 Å². The molecule has 2 aromatic carbocycles. The van der Waals surface area contributed by atoms with Crippen LogP contribution in [-0.2, 0) is 24.3 Å². The maximum absolute atomic E-state index is 12.5. The molecule has 0 bridgehead atoms. The summed E-state index contributed by atoms with van der Waals surface area (Å²) in [7, 11) is -3.64. The molecule has 0 unspecified atom stereocenters. The normalized spacial score (nSPS) is 11.1. The van der Waals surface area contributed by atoms with Gasteiger partial charge in [0.25, 0.3) is 11.8 Å². The maximum atomic E-state index is 12.5. The number of esters is 1. The van der Waals surface area contributed by atoms with Gasteiger partial charge in [-0.15, -0.1) is 0 Å². The summed E-state index contributed by atoms with van der Waals surface area (Å²) in [5.74, 6) is -2.19. The highest BCUT2D eigenvalue weighted by atomic mass is 32.2. The molecule has 11 heteroatoms. The van der Waals surface area contributed by atoms with E-state index in [1.165, 1.54) is 41.6 Å². The van der Waals surface area contributed by atoms with Crippen molar-refractivity contribution in [2.24, 2.45) is 0 Å². The highest BCUT2D eigenvalue weighted by molar-refractivity contribution is 7.89. The Kier molecular flexibility index (Phi) is 9.46. The first-order valence-corrected chi connectivity index (χ1v) is 12.0. The van der Waals surface area contributed by atoms with E-state index >= 15 is 0 Å². The molecule has 0 heterocycles. The van der Waals surface area contributed by atoms with E-state index in [4.69, 9.17) is 4.74 Å². The molecule has 0 fully saturated rings. The number of Topliss-reactive ketones (excluding diaryl/α,β-unsaturated/α-hetero) is 1. The van der Waals surface area contributed by atoms with Crippen LogP contribution in [0.3, 0.4) is 0 Å². The molecule has 0 aliphatic carbocycles. The van der Waals surface area contributed by atoms with Crippen molar-refractivity contribution >= 4 is 39.3 Å². The molecular weight excluding hydrogens is 462 g/mol. The molecule has 2 aromatic rings. The molecule has 0 atom stereocenters. The van der Waals surface area contributed by atoms with Crippen LogP contribution in [0.25, 0.3) is 0 Å². The van der Waals surface area contributed by atoms with Gasteiger partial charge < -0.3 is 15.4 Å². The van der Waals surface area contributed by atoms with Gasteiger partial charge in [0.1, 0.15) is 6.54 Å². The van der Waals surface area contributed by atoms with Crippen molar-refractivity contribution in [1.29, 1.82) is 0 Å². The fraction of sp³-hybridized carbons (Fsp3) is 0.304. The molecule has 0 saturated carbocycles. The zero-order valence-electron chi connectivity index (χ0n) is 19.2. The summed E-state index contributed by atoms with van der Waals surface area (Å²) in [4.78, 5) is 47.5. The van der Waals surface area contributed by atoms with E-state index in [2.05, 4.69) is 10.6 Å². The summed E-state index contributed by atoms with van der Waals surface area (Å²) >= 11 is 0. The quantitative estimate of drug-likeness (QED) is 0.363. The van der Waals surface area contributed by atoms with Gasteiger partial charge in [-0.1, -0.05) is 26.0 Å². The Hall–Kier alpha value is -3.57. The number of hydrogen-bond donors (Lipinski definition) is 2. The summed E-state index contributed by atoms with van der Waals surface area (Å²) in [5.41, 5.74) is 0.971. The smallest absolute Gasteiger partial charge is 0.325 e. The summed E-state index contributed by atoms with van der Waals surface area (Å²) in [5, 5.41) is 4.86. The van der Waals surface area contributed by atoms with Crippen LogP contribution >= 0.6 is 0 Å². The number of ether oxygens (including phenoxy) is 1. The van der Waals surface area contributed by atoms with Crippen molar-refractivity contribution in [2.75, 3.05) is 31.6 Å². The van der Waals surface area contributed by atoms with Crippen molar-refractivity contribution in [3.05, 3.63) is 59.7 Å². The second kappa shape index (κ2) is 12.1. The molecule has 2 rings (SSSR count). The molecule has 10 nitrogen and oxygen atoms in total.